The molecule has 0 spiro atoms. The zero-order valence-electron chi connectivity index (χ0n) is 9.12. The third-order valence-electron chi connectivity index (χ3n) is 2.70. The normalized spacial score (nSPS) is 14.8. The van der Waals surface area contributed by atoms with Crippen LogP contribution in [0.15, 0.2) is 0 Å². The molecule has 0 bridgehead atoms. The van der Waals surface area contributed by atoms with Crippen LogP contribution in [-0.4, -0.2) is 16.6 Å². The number of rotatable bonds is 3. The third kappa shape index (κ3) is 2.01. The minimum Gasteiger partial charge on any atom is -0.384 e. The second kappa shape index (κ2) is 3.52. The van der Waals surface area contributed by atoms with Crippen LogP contribution in [0, 0.1) is 5.41 Å². The Balaban J connectivity index is 5.00. The van der Waals surface area contributed by atoms with E-state index in [4.69, 9.17) is 0 Å². The van der Waals surface area contributed by atoms with Crippen molar-refractivity contribution < 1.29 is 13.9 Å². The van der Waals surface area contributed by atoms with Gasteiger partial charge in [0.25, 0.3) is 5.92 Å². The lowest BCUT2D eigenvalue weighted by Gasteiger charge is -2.42. The van der Waals surface area contributed by atoms with Gasteiger partial charge in [0, 0.05) is 5.41 Å². The molecule has 0 aromatic rings. The molecule has 3 heteroatoms. The molecule has 13 heavy (non-hydrogen) atoms. The number of hydrogen-bond acceptors (Lipinski definition) is 1. The van der Waals surface area contributed by atoms with E-state index in [1.807, 2.05) is 0 Å². The lowest BCUT2D eigenvalue weighted by molar-refractivity contribution is -0.236. The molecule has 0 saturated carbocycles. The summed E-state index contributed by atoms with van der Waals surface area (Å²) < 4.78 is 27.5. The van der Waals surface area contributed by atoms with Crippen LogP contribution in [-0.2, 0) is 0 Å². The second-order valence-corrected chi connectivity index (χ2v) is 4.56. The van der Waals surface area contributed by atoms with E-state index in [9.17, 15) is 13.9 Å². The molecule has 0 saturated heterocycles. The van der Waals surface area contributed by atoms with Gasteiger partial charge in [-0.2, -0.15) is 0 Å². The lowest BCUT2D eigenvalue weighted by Crippen LogP contribution is -2.54. The van der Waals surface area contributed by atoms with Crippen molar-refractivity contribution in [2.75, 3.05) is 0 Å². The highest BCUT2D eigenvalue weighted by atomic mass is 19.3. The Bertz CT molecular complexity index is 166. The molecule has 0 atom stereocenters. The standard InChI is InChI=1S/C10H20F2O/c1-6-9(13,7-2)10(11,12)8(3,4)5/h13H,6-7H2,1-5H3. The molecule has 0 heterocycles. The minimum atomic E-state index is -3.05. The predicted molar refractivity (Wildman–Crippen MR) is 49.9 cm³/mol. The van der Waals surface area contributed by atoms with Crippen LogP contribution >= 0.6 is 0 Å². The maximum Gasteiger partial charge on any atom is 0.280 e. The van der Waals surface area contributed by atoms with Crippen molar-refractivity contribution in [3.63, 3.8) is 0 Å². The first kappa shape index (κ1) is 12.8. The van der Waals surface area contributed by atoms with Gasteiger partial charge in [-0.15, -0.1) is 0 Å². The number of halogens is 2. The van der Waals surface area contributed by atoms with Crippen LogP contribution in [0.5, 0.6) is 0 Å². The van der Waals surface area contributed by atoms with Crippen molar-refractivity contribution >= 4 is 0 Å². The van der Waals surface area contributed by atoms with Gasteiger partial charge in [-0.1, -0.05) is 34.6 Å². The van der Waals surface area contributed by atoms with E-state index in [1.54, 1.807) is 13.8 Å². The molecule has 1 N–H and O–H groups in total. The molecular weight excluding hydrogens is 174 g/mol. The van der Waals surface area contributed by atoms with Gasteiger partial charge in [-0.05, 0) is 12.8 Å². The number of alkyl halides is 2. The summed E-state index contributed by atoms with van der Waals surface area (Å²) in [6.07, 6.45) is 0.154. The van der Waals surface area contributed by atoms with Gasteiger partial charge >= 0.3 is 0 Å². The molecule has 0 rings (SSSR count). The van der Waals surface area contributed by atoms with Gasteiger partial charge in [-0.25, -0.2) is 8.78 Å². The van der Waals surface area contributed by atoms with Crippen molar-refractivity contribution in [2.24, 2.45) is 5.41 Å². The highest BCUT2D eigenvalue weighted by Gasteiger charge is 2.57. The molecule has 0 unspecified atom stereocenters. The Labute approximate surface area is 79.1 Å². The topological polar surface area (TPSA) is 20.2 Å². The molecule has 1 nitrogen and oxygen atoms in total. The first-order chi connectivity index (χ1) is 5.62. The van der Waals surface area contributed by atoms with Crippen molar-refractivity contribution in [3.8, 4) is 0 Å². The quantitative estimate of drug-likeness (QED) is 0.731. The molecule has 0 aliphatic heterocycles. The summed E-state index contributed by atoms with van der Waals surface area (Å²) in [5.41, 5.74) is -3.07. The lowest BCUT2D eigenvalue weighted by atomic mass is 9.75. The Hall–Kier alpha value is -0.180. The van der Waals surface area contributed by atoms with Crippen LogP contribution < -0.4 is 0 Å². The molecule has 0 aliphatic rings. The summed E-state index contributed by atoms with van der Waals surface area (Å²) in [7, 11) is 0. The SMILES string of the molecule is CCC(O)(CC)C(F)(F)C(C)(C)C. The smallest absolute Gasteiger partial charge is 0.280 e. The van der Waals surface area contributed by atoms with Crippen molar-refractivity contribution in [1.82, 2.24) is 0 Å². The Kier molecular flexibility index (Phi) is 3.47. The number of aliphatic hydroxyl groups is 1. The Morgan fingerprint density at radius 2 is 1.31 bits per heavy atom. The summed E-state index contributed by atoms with van der Waals surface area (Å²) in [4.78, 5) is 0. The van der Waals surface area contributed by atoms with Gasteiger partial charge in [-0.3, -0.25) is 0 Å². The van der Waals surface area contributed by atoms with Crippen LogP contribution in [0.2, 0.25) is 0 Å². The fourth-order valence-corrected chi connectivity index (χ4v) is 1.39. The first-order valence-corrected chi connectivity index (χ1v) is 4.72. The average Bonchev–Trinajstić information content (AvgIpc) is 2.00. The second-order valence-electron chi connectivity index (χ2n) is 4.56. The van der Waals surface area contributed by atoms with E-state index >= 15 is 0 Å². The van der Waals surface area contributed by atoms with Crippen molar-refractivity contribution in [3.05, 3.63) is 0 Å². The van der Waals surface area contributed by atoms with Gasteiger partial charge in [0.2, 0.25) is 0 Å². The summed E-state index contributed by atoms with van der Waals surface area (Å²) >= 11 is 0. The zero-order valence-corrected chi connectivity index (χ0v) is 9.12. The fourth-order valence-electron chi connectivity index (χ4n) is 1.39. The summed E-state index contributed by atoms with van der Waals surface area (Å²) in [5, 5.41) is 9.74. The molecule has 0 aromatic heterocycles. The molecule has 0 amide bonds. The maximum absolute atomic E-state index is 13.7. The first-order valence-electron chi connectivity index (χ1n) is 4.72. The highest BCUT2D eigenvalue weighted by molar-refractivity contribution is 4.98. The Morgan fingerprint density at radius 1 is 1.00 bits per heavy atom. The maximum atomic E-state index is 13.7. The molecule has 80 valence electrons. The van der Waals surface area contributed by atoms with Crippen LogP contribution in [0.1, 0.15) is 47.5 Å². The fraction of sp³-hybridized carbons (Fsp3) is 1.00. The van der Waals surface area contributed by atoms with E-state index in [-0.39, 0.29) is 12.8 Å². The molecule has 0 aromatic carbocycles. The van der Waals surface area contributed by atoms with E-state index in [0.717, 1.165) is 0 Å². The van der Waals surface area contributed by atoms with Gasteiger partial charge in [0.05, 0.1) is 0 Å². The monoisotopic (exact) mass is 194 g/mol. The third-order valence-corrected chi connectivity index (χ3v) is 2.70. The van der Waals surface area contributed by atoms with E-state index in [0.29, 0.717) is 0 Å². The molecule has 0 aliphatic carbocycles. The van der Waals surface area contributed by atoms with Crippen LogP contribution in [0.25, 0.3) is 0 Å². The largest absolute Gasteiger partial charge is 0.384 e. The van der Waals surface area contributed by atoms with Gasteiger partial charge in [0.15, 0.2) is 0 Å². The zero-order chi connectivity index (χ0) is 10.9. The summed E-state index contributed by atoms with van der Waals surface area (Å²) in [6, 6.07) is 0. The van der Waals surface area contributed by atoms with E-state index < -0.39 is 16.9 Å². The van der Waals surface area contributed by atoms with Gasteiger partial charge < -0.3 is 5.11 Å². The number of hydrogen-bond donors (Lipinski definition) is 1. The van der Waals surface area contributed by atoms with Gasteiger partial charge in [0.1, 0.15) is 5.60 Å². The Morgan fingerprint density at radius 3 is 1.38 bits per heavy atom. The van der Waals surface area contributed by atoms with E-state index in [2.05, 4.69) is 0 Å². The molecule has 0 radical (unpaired) electrons. The minimum absolute atomic E-state index is 0.0772. The van der Waals surface area contributed by atoms with Crippen molar-refractivity contribution in [1.29, 1.82) is 0 Å². The van der Waals surface area contributed by atoms with Crippen LogP contribution in [0.3, 0.4) is 0 Å². The van der Waals surface area contributed by atoms with Crippen molar-refractivity contribution in [2.45, 2.75) is 59.0 Å². The summed E-state index contributed by atoms with van der Waals surface area (Å²) in [5.74, 6) is -3.05. The average molecular weight is 194 g/mol. The molecular formula is C10H20F2O. The van der Waals surface area contributed by atoms with Crippen LogP contribution in [0.4, 0.5) is 8.78 Å². The predicted octanol–water partition coefficient (Wildman–Crippen LogP) is 3.22. The summed E-state index contributed by atoms with van der Waals surface area (Å²) in [6.45, 7) is 7.52. The highest BCUT2D eigenvalue weighted by Crippen LogP contribution is 2.46. The molecule has 0 fully saturated rings. The van der Waals surface area contributed by atoms with E-state index in [1.165, 1.54) is 20.8 Å².